The molecule has 0 saturated heterocycles. The van der Waals surface area contributed by atoms with E-state index < -0.39 is 10.0 Å². The van der Waals surface area contributed by atoms with Crippen molar-refractivity contribution < 1.29 is 13.2 Å². The first-order chi connectivity index (χ1) is 14.0. The molecule has 0 aliphatic rings. The number of benzene rings is 2. The molecule has 0 aliphatic heterocycles. The number of amides is 1. The summed E-state index contributed by atoms with van der Waals surface area (Å²) in [6.07, 6.45) is 4.50. The molecule has 2 aromatic heterocycles. The van der Waals surface area contributed by atoms with E-state index in [0.29, 0.717) is 16.8 Å². The lowest BCUT2D eigenvalue weighted by molar-refractivity contribution is 0.102. The van der Waals surface area contributed by atoms with E-state index in [4.69, 9.17) is 0 Å². The zero-order valence-electron chi connectivity index (χ0n) is 15.0. The third kappa shape index (κ3) is 4.04. The number of fused-ring (bicyclic) bond motifs is 1. The van der Waals surface area contributed by atoms with E-state index in [0.717, 1.165) is 5.39 Å². The Balaban J connectivity index is 1.53. The number of para-hydroxylation sites is 1. The second-order valence-electron chi connectivity index (χ2n) is 6.04. The average Bonchev–Trinajstić information content (AvgIpc) is 2.74. The molecule has 1 amide bonds. The minimum Gasteiger partial charge on any atom is -0.322 e. The molecule has 4 rings (SSSR count). The Labute approximate surface area is 166 Å². The maximum atomic E-state index is 12.7. The lowest BCUT2D eigenvalue weighted by Crippen LogP contribution is -2.15. The van der Waals surface area contributed by atoms with Crippen molar-refractivity contribution in [1.82, 2.24) is 15.0 Å². The first-order valence-corrected chi connectivity index (χ1v) is 10.1. The van der Waals surface area contributed by atoms with Gasteiger partial charge in [0.25, 0.3) is 15.9 Å². The number of pyridine rings is 1. The van der Waals surface area contributed by atoms with Gasteiger partial charge in [0.05, 0.1) is 16.0 Å². The van der Waals surface area contributed by atoms with Crippen LogP contribution >= 0.6 is 0 Å². The predicted octanol–water partition coefficient (Wildman–Crippen LogP) is 3.08. The molecule has 0 radical (unpaired) electrons. The third-order valence-electron chi connectivity index (χ3n) is 4.09. The molecule has 0 unspecified atom stereocenters. The lowest BCUT2D eigenvalue weighted by atomic mass is 10.1. The fraction of sp³-hybridized carbons (Fsp3) is 0. The molecule has 2 heterocycles. The van der Waals surface area contributed by atoms with Gasteiger partial charge in [-0.15, -0.1) is 0 Å². The zero-order valence-corrected chi connectivity index (χ0v) is 15.8. The van der Waals surface area contributed by atoms with Gasteiger partial charge in [-0.05, 0) is 42.5 Å². The molecule has 2 aromatic carbocycles. The van der Waals surface area contributed by atoms with Crippen molar-refractivity contribution in [2.24, 2.45) is 0 Å². The van der Waals surface area contributed by atoms with Crippen molar-refractivity contribution in [2.75, 3.05) is 10.0 Å². The number of nitrogens with zero attached hydrogens (tertiary/aromatic N) is 3. The summed E-state index contributed by atoms with van der Waals surface area (Å²) in [5.74, 6) is -0.353. The van der Waals surface area contributed by atoms with Gasteiger partial charge in [0, 0.05) is 29.7 Å². The van der Waals surface area contributed by atoms with Crippen molar-refractivity contribution in [3.05, 3.63) is 84.8 Å². The van der Waals surface area contributed by atoms with E-state index in [1.54, 1.807) is 30.5 Å². The van der Waals surface area contributed by atoms with Gasteiger partial charge in [-0.25, -0.2) is 23.1 Å². The Kier molecular flexibility index (Phi) is 4.88. The van der Waals surface area contributed by atoms with Crippen LogP contribution in [0.1, 0.15) is 10.4 Å². The maximum absolute atomic E-state index is 12.7. The summed E-state index contributed by atoms with van der Waals surface area (Å²) < 4.78 is 27.1. The van der Waals surface area contributed by atoms with Crippen molar-refractivity contribution >= 4 is 38.5 Å². The van der Waals surface area contributed by atoms with E-state index in [-0.39, 0.29) is 16.8 Å². The first kappa shape index (κ1) is 18.5. The van der Waals surface area contributed by atoms with Gasteiger partial charge in [-0.1, -0.05) is 18.2 Å². The van der Waals surface area contributed by atoms with Gasteiger partial charge in [-0.2, -0.15) is 0 Å². The third-order valence-corrected chi connectivity index (χ3v) is 5.44. The highest BCUT2D eigenvalue weighted by Gasteiger charge is 2.16. The molecule has 0 aliphatic carbocycles. The van der Waals surface area contributed by atoms with Crippen LogP contribution in [-0.2, 0) is 10.0 Å². The van der Waals surface area contributed by atoms with E-state index in [1.165, 1.54) is 36.7 Å². The Morgan fingerprint density at radius 2 is 1.48 bits per heavy atom. The number of nitrogens with one attached hydrogen (secondary N) is 2. The summed E-state index contributed by atoms with van der Waals surface area (Å²) in [4.78, 5) is 24.6. The molecule has 0 spiro atoms. The predicted molar refractivity (Wildman–Crippen MR) is 109 cm³/mol. The lowest BCUT2D eigenvalue weighted by Gasteiger charge is -2.09. The van der Waals surface area contributed by atoms with Gasteiger partial charge in [0.2, 0.25) is 5.95 Å². The minimum atomic E-state index is -3.84. The van der Waals surface area contributed by atoms with Crippen molar-refractivity contribution in [1.29, 1.82) is 0 Å². The summed E-state index contributed by atoms with van der Waals surface area (Å²) in [5.41, 5.74) is 1.49. The van der Waals surface area contributed by atoms with Crippen LogP contribution < -0.4 is 10.0 Å². The highest BCUT2D eigenvalue weighted by Crippen LogP contribution is 2.20. The molecule has 9 heteroatoms. The Morgan fingerprint density at radius 3 is 2.24 bits per heavy atom. The monoisotopic (exact) mass is 405 g/mol. The number of anilines is 2. The number of carbonyl (C=O) groups is 1. The van der Waals surface area contributed by atoms with Gasteiger partial charge >= 0.3 is 0 Å². The van der Waals surface area contributed by atoms with Gasteiger partial charge in [-0.3, -0.25) is 9.78 Å². The van der Waals surface area contributed by atoms with Crippen molar-refractivity contribution in [3.8, 4) is 0 Å². The summed E-state index contributed by atoms with van der Waals surface area (Å²) in [5, 5.41) is 3.62. The Bertz CT molecular complexity index is 1270. The SMILES string of the molecule is O=C(Nc1ccc(S(=O)(=O)Nc2ncccn2)cc1)c1cccc2cccnc12. The molecule has 8 nitrogen and oxygen atoms in total. The molecule has 2 N–H and O–H groups in total. The molecule has 29 heavy (non-hydrogen) atoms. The molecule has 0 saturated carbocycles. The van der Waals surface area contributed by atoms with Crippen LogP contribution in [0.25, 0.3) is 10.9 Å². The van der Waals surface area contributed by atoms with Crippen molar-refractivity contribution in [2.45, 2.75) is 4.90 Å². The quantitative estimate of drug-likeness (QED) is 0.527. The fourth-order valence-electron chi connectivity index (χ4n) is 2.73. The zero-order chi connectivity index (χ0) is 20.3. The smallest absolute Gasteiger partial charge is 0.264 e. The van der Waals surface area contributed by atoms with E-state index in [9.17, 15) is 13.2 Å². The van der Waals surface area contributed by atoms with Crippen LogP contribution in [-0.4, -0.2) is 29.3 Å². The van der Waals surface area contributed by atoms with Gasteiger partial charge < -0.3 is 5.32 Å². The number of rotatable bonds is 5. The molecular formula is C20H15N5O3S. The first-order valence-electron chi connectivity index (χ1n) is 8.58. The maximum Gasteiger partial charge on any atom is 0.264 e. The minimum absolute atomic E-state index is 0.0201. The average molecular weight is 405 g/mol. The fourth-order valence-corrected chi connectivity index (χ4v) is 3.69. The van der Waals surface area contributed by atoms with Crippen LogP contribution in [0.3, 0.4) is 0 Å². The number of hydrogen-bond donors (Lipinski definition) is 2. The van der Waals surface area contributed by atoms with Gasteiger partial charge in [0.15, 0.2) is 0 Å². The Morgan fingerprint density at radius 1 is 0.793 bits per heavy atom. The normalized spacial score (nSPS) is 11.2. The number of carbonyl (C=O) groups excluding carboxylic acids is 1. The molecular weight excluding hydrogens is 390 g/mol. The summed E-state index contributed by atoms with van der Waals surface area (Å²) in [6.45, 7) is 0. The standard InChI is InChI=1S/C20H15N5O3S/c26-19(17-6-1-4-14-5-2-11-21-18(14)17)24-15-7-9-16(10-8-15)29(27,28)25-20-22-12-3-13-23-20/h1-13H,(H,24,26)(H,22,23,25). The van der Waals surface area contributed by atoms with E-state index in [1.807, 2.05) is 12.1 Å². The van der Waals surface area contributed by atoms with E-state index >= 15 is 0 Å². The Hall–Kier alpha value is -3.85. The number of hydrogen-bond acceptors (Lipinski definition) is 6. The second-order valence-corrected chi connectivity index (χ2v) is 7.72. The molecule has 144 valence electrons. The number of aromatic nitrogens is 3. The number of sulfonamides is 1. The molecule has 4 aromatic rings. The highest BCUT2D eigenvalue weighted by atomic mass is 32.2. The largest absolute Gasteiger partial charge is 0.322 e. The van der Waals surface area contributed by atoms with Gasteiger partial charge in [0.1, 0.15) is 0 Å². The topological polar surface area (TPSA) is 114 Å². The second kappa shape index (κ2) is 7.64. The van der Waals surface area contributed by atoms with Crippen molar-refractivity contribution in [3.63, 3.8) is 0 Å². The molecule has 0 bridgehead atoms. The molecule has 0 atom stereocenters. The summed E-state index contributed by atoms with van der Waals surface area (Å²) in [6, 6.07) is 16.4. The van der Waals surface area contributed by atoms with E-state index in [2.05, 4.69) is 25.0 Å². The van der Waals surface area contributed by atoms with Crippen LogP contribution in [0.2, 0.25) is 0 Å². The van der Waals surface area contributed by atoms with Crippen LogP contribution in [0, 0.1) is 0 Å². The van der Waals surface area contributed by atoms with Crippen LogP contribution in [0.15, 0.2) is 84.1 Å². The van der Waals surface area contributed by atoms with Crippen LogP contribution in [0.4, 0.5) is 11.6 Å². The molecule has 0 fully saturated rings. The summed E-state index contributed by atoms with van der Waals surface area (Å²) >= 11 is 0. The highest BCUT2D eigenvalue weighted by molar-refractivity contribution is 7.92. The summed E-state index contributed by atoms with van der Waals surface area (Å²) in [7, 11) is -3.84. The van der Waals surface area contributed by atoms with Crippen LogP contribution in [0.5, 0.6) is 0 Å².